The molecule has 0 aromatic heterocycles. The molecule has 0 amide bonds. The van der Waals surface area contributed by atoms with E-state index in [4.69, 9.17) is 0 Å². The summed E-state index contributed by atoms with van der Waals surface area (Å²) in [5.74, 6) is 0.136. The Kier molecular flexibility index (Phi) is 5.64. The first-order chi connectivity index (χ1) is 8.42. The largest absolute Gasteiger partial charge is 0.465 e. The summed E-state index contributed by atoms with van der Waals surface area (Å²) in [7, 11) is -2.05. The number of hydrogen-bond donors (Lipinski definition) is 0. The third kappa shape index (κ3) is 5.52. The quantitative estimate of drug-likeness (QED) is 0.342. The Balaban J connectivity index is 2.42. The Bertz CT molecular complexity index is 493. The van der Waals surface area contributed by atoms with Gasteiger partial charge in [0.15, 0.2) is 0 Å². The SMILES string of the molecule is COC(=O)c1ccc(SCCOS(C)(=O)=O)cc1. The van der Waals surface area contributed by atoms with Gasteiger partial charge in [-0.15, -0.1) is 11.8 Å². The molecule has 1 rings (SSSR count). The van der Waals surface area contributed by atoms with E-state index in [1.165, 1.54) is 18.9 Å². The van der Waals surface area contributed by atoms with Gasteiger partial charge in [0, 0.05) is 10.6 Å². The van der Waals surface area contributed by atoms with Crippen molar-refractivity contribution in [1.29, 1.82) is 0 Å². The molecule has 0 aliphatic rings. The molecule has 18 heavy (non-hydrogen) atoms. The smallest absolute Gasteiger partial charge is 0.337 e. The van der Waals surface area contributed by atoms with Crippen LogP contribution < -0.4 is 0 Å². The number of hydrogen-bond acceptors (Lipinski definition) is 6. The Morgan fingerprint density at radius 3 is 2.39 bits per heavy atom. The molecule has 0 N–H and O–H groups in total. The average Bonchev–Trinajstić information content (AvgIpc) is 2.33. The van der Waals surface area contributed by atoms with Crippen LogP contribution in [0, 0.1) is 0 Å². The molecular weight excluding hydrogens is 276 g/mol. The van der Waals surface area contributed by atoms with Gasteiger partial charge in [0.25, 0.3) is 10.1 Å². The molecule has 0 saturated heterocycles. The van der Waals surface area contributed by atoms with Gasteiger partial charge in [-0.1, -0.05) is 0 Å². The van der Waals surface area contributed by atoms with E-state index in [1.54, 1.807) is 24.3 Å². The summed E-state index contributed by atoms with van der Waals surface area (Å²) in [6, 6.07) is 6.87. The summed E-state index contributed by atoms with van der Waals surface area (Å²) >= 11 is 1.45. The van der Waals surface area contributed by atoms with Crippen molar-refractivity contribution in [1.82, 2.24) is 0 Å². The van der Waals surface area contributed by atoms with Gasteiger partial charge in [0.2, 0.25) is 0 Å². The molecule has 1 aromatic rings. The average molecular weight is 290 g/mol. The van der Waals surface area contributed by atoms with Crippen molar-refractivity contribution < 1.29 is 22.1 Å². The molecule has 100 valence electrons. The monoisotopic (exact) mass is 290 g/mol. The van der Waals surface area contributed by atoms with E-state index in [9.17, 15) is 13.2 Å². The van der Waals surface area contributed by atoms with Crippen molar-refractivity contribution in [3.63, 3.8) is 0 Å². The van der Waals surface area contributed by atoms with E-state index in [-0.39, 0.29) is 12.6 Å². The zero-order chi connectivity index (χ0) is 13.6. The highest BCUT2D eigenvalue weighted by Crippen LogP contribution is 2.18. The first-order valence-corrected chi connectivity index (χ1v) is 7.88. The lowest BCUT2D eigenvalue weighted by molar-refractivity contribution is 0.0600. The van der Waals surface area contributed by atoms with Crippen molar-refractivity contribution in [2.75, 3.05) is 25.7 Å². The molecule has 0 fully saturated rings. The van der Waals surface area contributed by atoms with E-state index in [0.29, 0.717) is 11.3 Å². The van der Waals surface area contributed by atoms with Crippen LogP contribution in [-0.2, 0) is 19.0 Å². The maximum absolute atomic E-state index is 11.2. The number of benzene rings is 1. The number of methoxy groups -OCH3 is 1. The van der Waals surface area contributed by atoms with Gasteiger partial charge in [-0.3, -0.25) is 4.18 Å². The Morgan fingerprint density at radius 1 is 1.28 bits per heavy atom. The van der Waals surface area contributed by atoms with Crippen LogP contribution >= 0.6 is 11.8 Å². The van der Waals surface area contributed by atoms with Gasteiger partial charge >= 0.3 is 5.97 Å². The topological polar surface area (TPSA) is 69.7 Å². The van der Waals surface area contributed by atoms with Crippen LogP contribution in [0.5, 0.6) is 0 Å². The molecule has 5 nitrogen and oxygen atoms in total. The number of carbonyl (C=O) groups is 1. The summed E-state index contributed by atoms with van der Waals surface area (Å²) in [5.41, 5.74) is 0.481. The first-order valence-electron chi connectivity index (χ1n) is 5.08. The number of carbonyl (C=O) groups excluding carboxylic acids is 1. The number of ether oxygens (including phenoxy) is 1. The molecule has 0 heterocycles. The summed E-state index contributed by atoms with van der Waals surface area (Å²) < 4.78 is 30.6. The highest BCUT2D eigenvalue weighted by atomic mass is 32.2. The van der Waals surface area contributed by atoms with Crippen molar-refractivity contribution in [2.45, 2.75) is 4.90 Å². The fourth-order valence-corrected chi connectivity index (χ4v) is 2.37. The molecule has 7 heteroatoms. The molecule has 0 bridgehead atoms. The van der Waals surface area contributed by atoms with Crippen molar-refractivity contribution in [3.8, 4) is 0 Å². The molecule has 0 aliphatic carbocycles. The van der Waals surface area contributed by atoms with E-state index in [0.717, 1.165) is 11.2 Å². The van der Waals surface area contributed by atoms with Crippen LogP contribution in [-0.4, -0.2) is 40.1 Å². The normalized spacial score (nSPS) is 11.2. The minimum absolute atomic E-state index is 0.127. The predicted molar refractivity (Wildman–Crippen MR) is 69.3 cm³/mol. The van der Waals surface area contributed by atoms with Gasteiger partial charge in [-0.05, 0) is 24.3 Å². The maximum Gasteiger partial charge on any atom is 0.337 e. The van der Waals surface area contributed by atoms with Crippen LogP contribution in [0.15, 0.2) is 29.2 Å². The highest BCUT2D eigenvalue weighted by Gasteiger charge is 2.05. The molecule has 0 spiro atoms. The van der Waals surface area contributed by atoms with E-state index in [1.807, 2.05) is 0 Å². The van der Waals surface area contributed by atoms with E-state index < -0.39 is 10.1 Å². The molecule has 0 radical (unpaired) electrons. The molecule has 0 unspecified atom stereocenters. The Labute approximate surface area is 111 Å². The summed E-state index contributed by atoms with van der Waals surface area (Å²) in [6.45, 7) is 0.127. The second-order valence-electron chi connectivity index (χ2n) is 3.39. The fourth-order valence-electron chi connectivity index (χ4n) is 1.15. The molecular formula is C11H14O5S2. The number of rotatable bonds is 6. The van der Waals surface area contributed by atoms with Gasteiger partial charge in [0.05, 0.1) is 25.5 Å². The minimum atomic E-state index is -3.37. The maximum atomic E-state index is 11.2. The third-order valence-corrected chi connectivity index (χ3v) is 3.50. The second kappa shape index (κ2) is 6.77. The Hall–Kier alpha value is -1.05. The van der Waals surface area contributed by atoms with Crippen LogP contribution in [0.25, 0.3) is 0 Å². The molecule has 1 aromatic carbocycles. The third-order valence-electron chi connectivity index (χ3n) is 1.92. The van der Waals surface area contributed by atoms with Crippen LogP contribution in [0.4, 0.5) is 0 Å². The van der Waals surface area contributed by atoms with Gasteiger partial charge in [0.1, 0.15) is 0 Å². The van der Waals surface area contributed by atoms with Crippen LogP contribution in [0.1, 0.15) is 10.4 Å². The Morgan fingerprint density at radius 2 is 1.89 bits per heavy atom. The summed E-state index contributed by atoms with van der Waals surface area (Å²) in [6.07, 6.45) is 1.02. The predicted octanol–water partition coefficient (Wildman–Crippen LogP) is 1.54. The molecule has 0 atom stereocenters. The van der Waals surface area contributed by atoms with Crippen LogP contribution in [0.2, 0.25) is 0 Å². The van der Waals surface area contributed by atoms with Crippen molar-refractivity contribution in [2.24, 2.45) is 0 Å². The standard InChI is InChI=1S/C11H14O5S2/c1-15-11(12)9-3-5-10(6-4-9)17-8-7-16-18(2,13)14/h3-6H,7-8H2,1-2H3. The molecule has 0 aliphatic heterocycles. The highest BCUT2D eigenvalue weighted by molar-refractivity contribution is 7.99. The lowest BCUT2D eigenvalue weighted by atomic mass is 10.2. The summed E-state index contributed by atoms with van der Waals surface area (Å²) in [4.78, 5) is 12.1. The van der Waals surface area contributed by atoms with E-state index in [2.05, 4.69) is 8.92 Å². The van der Waals surface area contributed by atoms with Gasteiger partial charge in [-0.25, -0.2) is 4.79 Å². The first kappa shape index (κ1) is 15.0. The zero-order valence-corrected chi connectivity index (χ0v) is 11.7. The lowest BCUT2D eigenvalue weighted by Gasteiger charge is -2.03. The van der Waals surface area contributed by atoms with Crippen LogP contribution in [0.3, 0.4) is 0 Å². The number of thioether (sulfide) groups is 1. The summed E-state index contributed by atoms with van der Waals surface area (Å²) in [5, 5.41) is 0. The number of esters is 1. The van der Waals surface area contributed by atoms with Gasteiger partial charge in [-0.2, -0.15) is 8.42 Å². The van der Waals surface area contributed by atoms with Gasteiger partial charge < -0.3 is 4.74 Å². The van der Waals surface area contributed by atoms with Crippen molar-refractivity contribution >= 4 is 27.8 Å². The molecule has 0 saturated carbocycles. The fraction of sp³-hybridized carbons (Fsp3) is 0.364. The lowest BCUT2D eigenvalue weighted by Crippen LogP contribution is -2.05. The van der Waals surface area contributed by atoms with E-state index >= 15 is 0 Å². The van der Waals surface area contributed by atoms with Crippen molar-refractivity contribution in [3.05, 3.63) is 29.8 Å². The zero-order valence-electron chi connectivity index (χ0n) is 10.1. The second-order valence-corrected chi connectivity index (χ2v) is 6.20. The minimum Gasteiger partial charge on any atom is -0.465 e.